The van der Waals surface area contributed by atoms with Gasteiger partial charge in [0.2, 0.25) is 11.5 Å². The molecule has 0 unspecified atom stereocenters. The van der Waals surface area contributed by atoms with E-state index in [1.807, 2.05) is 0 Å². The molecule has 0 bridgehead atoms. The number of phenols is 6. The molecule has 0 saturated heterocycles. The molecule has 0 aromatic heterocycles. The van der Waals surface area contributed by atoms with Crippen LogP contribution in [0.3, 0.4) is 0 Å². The third-order valence-corrected chi connectivity index (χ3v) is 9.72. The molecule has 202 valence electrons. The van der Waals surface area contributed by atoms with Gasteiger partial charge < -0.3 is 40.5 Å². The molecule has 0 saturated carbocycles. The molecular formula is C27H42NO7P. The van der Waals surface area contributed by atoms with E-state index in [1.165, 1.54) is 24.3 Å². The average Bonchev–Trinajstić information content (AvgIpc) is 2.86. The van der Waals surface area contributed by atoms with Gasteiger partial charge in [-0.15, -0.1) is 0 Å². The van der Waals surface area contributed by atoms with Gasteiger partial charge in [0, 0.05) is 42.2 Å². The predicted octanol–water partition coefficient (Wildman–Crippen LogP) is 6.12. The normalized spacial score (nSPS) is 11.9. The van der Waals surface area contributed by atoms with Crippen LogP contribution >= 0.6 is 7.14 Å². The lowest BCUT2D eigenvalue weighted by Crippen LogP contribution is -2.25. The first-order valence-corrected chi connectivity index (χ1v) is 15.2. The molecular weight excluding hydrogens is 481 g/mol. The molecule has 8 nitrogen and oxygen atoms in total. The van der Waals surface area contributed by atoms with Crippen molar-refractivity contribution in [2.45, 2.75) is 71.1 Å². The molecule has 0 spiro atoms. The molecule has 0 fully saturated rings. The van der Waals surface area contributed by atoms with Crippen molar-refractivity contribution in [3.63, 3.8) is 0 Å². The van der Waals surface area contributed by atoms with E-state index in [0.29, 0.717) is 12.3 Å². The molecule has 7 N–H and O–H groups in total. The molecule has 0 heterocycles. The van der Waals surface area contributed by atoms with Crippen molar-refractivity contribution < 1.29 is 35.2 Å². The Kier molecular flexibility index (Phi) is 11.7. The Morgan fingerprint density at radius 1 is 0.667 bits per heavy atom. The van der Waals surface area contributed by atoms with Crippen LogP contribution < -0.4 is 5.32 Å². The first kappa shape index (κ1) is 29.7. The molecule has 2 aromatic carbocycles. The number of rotatable bonds is 16. The van der Waals surface area contributed by atoms with Crippen LogP contribution in [-0.2, 0) is 4.57 Å². The summed E-state index contributed by atoms with van der Waals surface area (Å²) in [5, 5.41) is 64.0. The smallest absolute Gasteiger partial charge is 0.200 e. The van der Waals surface area contributed by atoms with E-state index in [9.17, 15) is 35.2 Å². The number of hydrogen-bond donors (Lipinski definition) is 7. The molecule has 0 aliphatic heterocycles. The second-order valence-corrected chi connectivity index (χ2v) is 12.9. The van der Waals surface area contributed by atoms with Crippen molar-refractivity contribution in [1.29, 1.82) is 0 Å². The summed E-state index contributed by atoms with van der Waals surface area (Å²) in [6.45, 7) is 4.40. The second kappa shape index (κ2) is 14.2. The molecule has 0 aliphatic rings. The van der Waals surface area contributed by atoms with Crippen molar-refractivity contribution in [2.24, 2.45) is 0 Å². The van der Waals surface area contributed by atoms with E-state index in [0.717, 1.165) is 51.4 Å². The van der Waals surface area contributed by atoms with Crippen molar-refractivity contribution in [1.82, 2.24) is 5.32 Å². The topological polar surface area (TPSA) is 150 Å². The lowest BCUT2D eigenvalue weighted by molar-refractivity contribution is 0.358. The van der Waals surface area contributed by atoms with Crippen LogP contribution in [0, 0.1) is 0 Å². The third-order valence-electron chi connectivity index (χ3n) is 6.66. The van der Waals surface area contributed by atoms with Gasteiger partial charge in [0.1, 0.15) is 7.14 Å². The van der Waals surface area contributed by atoms with Crippen LogP contribution in [0.5, 0.6) is 34.5 Å². The summed E-state index contributed by atoms with van der Waals surface area (Å²) in [5.41, 5.74) is 0.387. The summed E-state index contributed by atoms with van der Waals surface area (Å²) >= 11 is 0. The van der Waals surface area contributed by atoms with Gasteiger partial charge in [-0.2, -0.15) is 0 Å². The SMILES string of the molecule is CCCCCCP(=O)(CCCCCC)CNCC(c1ccc(O)c(O)c1O)c1ccc(O)c(O)c1O. The highest BCUT2D eigenvalue weighted by molar-refractivity contribution is 7.63. The number of benzene rings is 2. The van der Waals surface area contributed by atoms with Gasteiger partial charge in [0.25, 0.3) is 0 Å². The first-order chi connectivity index (χ1) is 17.1. The molecule has 9 heteroatoms. The maximum atomic E-state index is 13.8. The van der Waals surface area contributed by atoms with Gasteiger partial charge >= 0.3 is 0 Å². The molecule has 2 aromatic rings. The van der Waals surface area contributed by atoms with Crippen molar-refractivity contribution in [3.8, 4) is 34.5 Å². The molecule has 0 aliphatic carbocycles. The second-order valence-electron chi connectivity index (χ2n) is 9.53. The fourth-order valence-electron chi connectivity index (χ4n) is 4.46. The van der Waals surface area contributed by atoms with E-state index in [4.69, 9.17) is 0 Å². The van der Waals surface area contributed by atoms with Crippen molar-refractivity contribution >= 4 is 7.14 Å². The number of phenolic OH excluding ortho intramolecular Hbond substituents is 6. The highest BCUT2D eigenvalue weighted by Gasteiger charge is 2.27. The molecule has 0 amide bonds. The van der Waals surface area contributed by atoms with Crippen LogP contribution in [0.2, 0.25) is 0 Å². The standard InChI is InChI=1S/C27H42NO7P/c1-3-5-7-9-15-36(35,16-10-8-6-4-2)18-28-17-21(19-11-13-22(29)26(33)24(19)31)20-12-14-23(30)27(34)25(20)32/h11-14,21,28-34H,3-10,15-18H2,1-2H3. The van der Waals surface area contributed by atoms with Gasteiger partial charge in [-0.05, 0) is 25.0 Å². The minimum Gasteiger partial charge on any atom is -0.504 e. The summed E-state index contributed by atoms with van der Waals surface area (Å²) in [6.07, 6.45) is 9.93. The summed E-state index contributed by atoms with van der Waals surface area (Å²) in [4.78, 5) is 0. The van der Waals surface area contributed by atoms with Crippen molar-refractivity contribution in [2.75, 3.05) is 25.2 Å². The van der Waals surface area contributed by atoms with E-state index >= 15 is 0 Å². The van der Waals surface area contributed by atoms with Gasteiger partial charge in [-0.3, -0.25) is 0 Å². The van der Waals surface area contributed by atoms with Crippen LogP contribution in [0.25, 0.3) is 0 Å². The summed E-state index contributed by atoms with van der Waals surface area (Å²) < 4.78 is 13.8. The Morgan fingerprint density at radius 3 is 1.53 bits per heavy atom. The van der Waals surface area contributed by atoms with Crippen LogP contribution in [-0.4, -0.2) is 55.8 Å². The molecule has 0 atom stereocenters. The maximum Gasteiger partial charge on any atom is 0.200 e. The van der Waals surface area contributed by atoms with Crippen molar-refractivity contribution in [3.05, 3.63) is 35.4 Å². The molecule has 2 rings (SSSR count). The van der Waals surface area contributed by atoms with E-state index in [-0.39, 0.29) is 24.0 Å². The van der Waals surface area contributed by atoms with Crippen LogP contribution in [0.1, 0.15) is 82.3 Å². The van der Waals surface area contributed by atoms with E-state index < -0.39 is 47.6 Å². The number of aromatic hydroxyl groups is 6. The zero-order valence-electron chi connectivity index (χ0n) is 21.4. The fourth-order valence-corrected chi connectivity index (χ4v) is 7.13. The first-order valence-electron chi connectivity index (χ1n) is 12.9. The van der Waals surface area contributed by atoms with E-state index in [2.05, 4.69) is 19.2 Å². The number of nitrogens with one attached hydrogen (secondary N) is 1. The van der Waals surface area contributed by atoms with Gasteiger partial charge in [0.05, 0.1) is 0 Å². The van der Waals surface area contributed by atoms with Crippen LogP contribution in [0.15, 0.2) is 24.3 Å². The zero-order valence-corrected chi connectivity index (χ0v) is 22.3. The average molecular weight is 524 g/mol. The molecule has 0 radical (unpaired) electrons. The minimum absolute atomic E-state index is 0.128. The minimum atomic E-state index is -2.51. The quantitative estimate of drug-likeness (QED) is 0.0789. The third kappa shape index (κ3) is 7.97. The maximum absolute atomic E-state index is 13.8. The van der Waals surface area contributed by atoms with Gasteiger partial charge in [-0.25, -0.2) is 0 Å². The Morgan fingerprint density at radius 2 is 1.11 bits per heavy atom. The lowest BCUT2D eigenvalue weighted by atomic mass is 9.89. The summed E-state index contributed by atoms with van der Waals surface area (Å²) in [6, 6.07) is 5.27. The largest absolute Gasteiger partial charge is 0.504 e. The Balaban J connectivity index is 2.28. The summed E-state index contributed by atoms with van der Waals surface area (Å²) in [7, 11) is -2.51. The molecule has 36 heavy (non-hydrogen) atoms. The highest BCUT2D eigenvalue weighted by atomic mass is 31.2. The van der Waals surface area contributed by atoms with Crippen LogP contribution in [0.4, 0.5) is 0 Å². The van der Waals surface area contributed by atoms with Gasteiger partial charge in [-0.1, -0.05) is 64.5 Å². The Bertz CT molecular complexity index is 954. The Labute approximate surface area is 214 Å². The summed E-state index contributed by atoms with van der Waals surface area (Å²) in [5.74, 6) is -4.28. The van der Waals surface area contributed by atoms with E-state index in [1.54, 1.807) is 0 Å². The number of hydrogen-bond acceptors (Lipinski definition) is 8. The lowest BCUT2D eigenvalue weighted by Gasteiger charge is -2.24. The Hall–Kier alpha value is -2.57. The highest BCUT2D eigenvalue weighted by Crippen LogP contribution is 2.49. The predicted molar refractivity (Wildman–Crippen MR) is 143 cm³/mol. The van der Waals surface area contributed by atoms with Gasteiger partial charge in [0.15, 0.2) is 23.0 Å². The monoisotopic (exact) mass is 523 g/mol. The fraction of sp³-hybridized carbons (Fsp3) is 0.556. The zero-order chi connectivity index (χ0) is 26.7. The number of unbranched alkanes of at least 4 members (excludes halogenated alkanes) is 6.